The van der Waals surface area contributed by atoms with Crippen molar-refractivity contribution in [3.8, 4) is 0 Å². The highest BCUT2D eigenvalue weighted by Gasteiger charge is 2.10. The number of fused-ring (bicyclic) bond motifs is 1. The molecular weight excluding hydrogens is 290 g/mol. The lowest BCUT2D eigenvalue weighted by Gasteiger charge is -2.13. The van der Waals surface area contributed by atoms with Crippen molar-refractivity contribution in [2.24, 2.45) is 0 Å². The van der Waals surface area contributed by atoms with Crippen LogP contribution in [-0.2, 0) is 0 Å². The molecule has 0 saturated heterocycles. The van der Waals surface area contributed by atoms with Crippen molar-refractivity contribution in [3.63, 3.8) is 0 Å². The Hall–Kier alpha value is -2.92. The van der Waals surface area contributed by atoms with Crippen LogP contribution in [0.2, 0.25) is 0 Å². The van der Waals surface area contributed by atoms with Crippen LogP contribution in [0.3, 0.4) is 0 Å². The van der Waals surface area contributed by atoms with E-state index >= 15 is 0 Å². The summed E-state index contributed by atoms with van der Waals surface area (Å²) < 4.78 is 0. The van der Waals surface area contributed by atoms with E-state index in [9.17, 15) is 9.90 Å². The molecule has 0 unspecified atom stereocenters. The lowest BCUT2D eigenvalue weighted by molar-refractivity contribution is 0.175. The van der Waals surface area contributed by atoms with Crippen LogP contribution in [0.4, 0.5) is 10.5 Å². The Kier molecular flexibility index (Phi) is 4.49. The van der Waals surface area contributed by atoms with E-state index < -0.39 is 6.10 Å². The quantitative estimate of drug-likeness (QED) is 0.693. The minimum Gasteiger partial charge on any atom is -0.387 e. The lowest BCUT2D eigenvalue weighted by atomic mass is 10.1. The predicted molar refractivity (Wildman–Crippen MR) is 90.2 cm³/mol. The fourth-order valence-corrected chi connectivity index (χ4v) is 2.38. The number of nitrogens with zero attached hydrogens (tertiary/aromatic N) is 1. The highest BCUT2D eigenvalue weighted by Crippen LogP contribution is 2.22. The molecule has 0 aliphatic carbocycles. The van der Waals surface area contributed by atoms with Gasteiger partial charge in [-0.15, -0.1) is 0 Å². The molecule has 0 aliphatic rings. The number of urea groups is 1. The van der Waals surface area contributed by atoms with Gasteiger partial charge in [0, 0.05) is 29.7 Å². The van der Waals surface area contributed by atoms with E-state index in [4.69, 9.17) is 0 Å². The molecule has 3 rings (SSSR count). The standard InChI is InChI=1S/C18H17N3O2/c22-17(13-5-2-1-3-6-13)12-20-18(23)21-16-8-4-7-14-11-19-10-9-15(14)16/h1-11,17,22H,12H2,(H2,20,21,23)/t17-/m1/s1. The van der Waals surface area contributed by atoms with Gasteiger partial charge in [0.15, 0.2) is 0 Å². The van der Waals surface area contributed by atoms with Crippen LogP contribution in [0, 0.1) is 0 Å². The summed E-state index contributed by atoms with van der Waals surface area (Å²) in [6.07, 6.45) is 2.70. The first-order chi connectivity index (χ1) is 11.2. The van der Waals surface area contributed by atoms with Gasteiger partial charge in [-0.05, 0) is 17.7 Å². The Morgan fingerprint density at radius 3 is 2.74 bits per heavy atom. The molecule has 3 aromatic rings. The molecule has 5 nitrogen and oxygen atoms in total. The number of nitrogens with one attached hydrogen (secondary N) is 2. The molecule has 1 atom stereocenters. The molecule has 0 fully saturated rings. The highest BCUT2D eigenvalue weighted by atomic mass is 16.3. The zero-order valence-electron chi connectivity index (χ0n) is 12.4. The largest absolute Gasteiger partial charge is 0.387 e. The first-order valence-electron chi connectivity index (χ1n) is 7.34. The molecule has 0 saturated carbocycles. The van der Waals surface area contributed by atoms with Crippen LogP contribution in [0.5, 0.6) is 0 Å². The predicted octanol–water partition coefficient (Wildman–Crippen LogP) is 3.09. The van der Waals surface area contributed by atoms with Gasteiger partial charge in [-0.3, -0.25) is 4.98 Å². The molecule has 0 radical (unpaired) electrons. The minimum atomic E-state index is -0.737. The SMILES string of the molecule is O=C(NC[C@@H](O)c1ccccc1)Nc1cccc2cnccc12. The summed E-state index contributed by atoms with van der Waals surface area (Å²) in [5.41, 5.74) is 1.47. The Morgan fingerprint density at radius 2 is 1.91 bits per heavy atom. The molecule has 2 aromatic carbocycles. The molecule has 0 bridgehead atoms. The summed E-state index contributed by atoms with van der Waals surface area (Å²) in [5, 5.41) is 17.4. The molecule has 3 N–H and O–H groups in total. The van der Waals surface area contributed by atoms with Crippen molar-refractivity contribution in [2.45, 2.75) is 6.10 Å². The number of benzene rings is 2. The van der Waals surface area contributed by atoms with Gasteiger partial charge < -0.3 is 15.7 Å². The van der Waals surface area contributed by atoms with Crippen molar-refractivity contribution in [3.05, 3.63) is 72.6 Å². The van der Waals surface area contributed by atoms with Gasteiger partial charge in [-0.2, -0.15) is 0 Å². The van der Waals surface area contributed by atoms with E-state index in [0.29, 0.717) is 5.69 Å². The maximum absolute atomic E-state index is 12.0. The number of pyridine rings is 1. The van der Waals surface area contributed by atoms with Crippen molar-refractivity contribution in [1.29, 1.82) is 0 Å². The summed E-state index contributed by atoms with van der Waals surface area (Å²) in [5.74, 6) is 0. The Labute approximate surface area is 134 Å². The van der Waals surface area contributed by atoms with Crippen LogP contribution in [0.25, 0.3) is 10.8 Å². The van der Waals surface area contributed by atoms with E-state index in [2.05, 4.69) is 15.6 Å². The average Bonchev–Trinajstić information content (AvgIpc) is 2.61. The fraction of sp³-hybridized carbons (Fsp3) is 0.111. The Bertz CT molecular complexity index is 800. The molecule has 1 aromatic heterocycles. The van der Waals surface area contributed by atoms with Gasteiger partial charge in [0.05, 0.1) is 11.8 Å². The van der Waals surface area contributed by atoms with Crippen molar-refractivity contribution in [2.75, 3.05) is 11.9 Å². The molecule has 0 spiro atoms. The maximum atomic E-state index is 12.0. The molecule has 116 valence electrons. The summed E-state index contributed by atoms with van der Waals surface area (Å²) in [4.78, 5) is 16.1. The third-order valence-electron chi connectivity index (χ3n) is 3.57. The second kappa shape index (κ2) is 6.89. The smallest absolute Gasteiger partial charge is 0.319 e. The van der Waals surface area contributed by atoms with E-state index in [1.165, 1.54) is 0 Å². The van der Waals surface area contributed by atoms with Gasteiger partial charge in [0.1, 0.15) is 0 Å². The van der Waals surface area contributed by atoms with Crippen LogP contribution in [0.15, 0.2) is 67.0 Å². The summed E-state index contributed by atoms with van der Waals surface area (Å²) in [7, 11) is 0. The fourth-order valence-electron chi connectivity index (χ4n) is 2.38. The second-order valence-electron chi connectivity index (χ2n) is 5.16. The first-order valence-corrected chi connectivity index (χ1v) is 7.34. The van der Waals surface area contributed by atoms with E-state index in [-0.39, 0.29) is 12.6 Å². The van der Waals surface area contributed by atoms with Gasteiger partial charge in [0.2, 0.25) is 0 Å². The third kappa shape index (κ3) is 3.64. The molecule has 23 heavy (non-hydrogen) atoms. The van der Waals surface area contributed by atoms with Crippen molar-refractivity contribution in [1.82, 2.24) is 10.3 Å². The number of aliphatic hydroxyl groups is 1. The lowest BCUT2D eigenvalue weighted by Crippen LogP contribution is -2.32. The number of hydrogen-bond donors (Lipinski definition) is 3. The topological polar surface area (TPSA) is 74.2 Å². The summed E-state index contributed by atoms with van der Waals surface area (Å²) in [6.45, 7) is 0.141. The Morgan fingerprint density at radius 1 is 1.09 bits per heavy atom. The third-order valence-corrected chi connectivity index (χ3v) is 3.57. The minimum absolute atomic E-state index is 0.141. The van der Waals surface area contributed by atoms with E-state index in [1.54, 1.807) is 12.4 Å². The van der Waals surface area contributed by atoms with Gasteiger partial charge in [-0.1, -0.05) is 42.5 Å². The molecule has 1 heterocycles. The van der Waals surface area contributed by atoms with Crippen molar-refractivity contribution >= 4 is 22.5 Å². The van der Waals surface area contributed by atoms with E-state index in [0.717, 1.165) is 16.3 Å². The average molecular weight is 307 g/mol. The summed E-state index contributed by atoms with van der Waals surface area (Å²) >= 11 is 0. The van der Waals surface area contributed by atoms with Crippen LogP contribution < -0.4 is 10.6 Å². The molecular formula is C18H17N3O2. The van der Waals surface area contributed by atoms with Crippen molar-refractivity contribution < 1.29 is 9.90 Å². The van der Waals surface area contributed by atoms with Crippen LogP contribution in [-0.4, -0.2) is 22.7 Å². The highest BCUT2D eigenvalue weighted by molar-refractivity contribution is 6.01. The monoisotopic (exact) mass is 307 g/mol. The number of aliphatic hydroxyl groups excluding tert-OH is 1. The number of aromatic nitrogens is 1. The number of anilines is 1. The zero-order chi connectivity index (χ0) is 16.1. The molecule has 2 amide bonds. The number of carbonyl (C=O) groups excluding carboxylic acids is 1. The molecule has 0 aliphatic heterocycles. The molecule has 5 heteroatoms. The van der Waals surface area contributed by atoms with Crippen LogP contribution in [0.1, 0.15) is 11.7 Å². The number of hydrogen-bond acceptors (Lipinski definition) is 3. The number of carbonyl (C=O) groups is 1. The number of rotatable bonds is 4. The zero-order valence-corrected chi connectivity index (χ0v) is 12.4. The normalized spacial score (nSPS) is 11.9. The number of amides is 2. The van der Waals surface area contributed by atoms with Gasteiger partial charge in [0.25, 0.3) is 0 Å². The van der Waals surface area contributed by atoms with Gasteiger partial charge >= 0.3 is 6.03 Å². The Balaban J connectivity index is 1.63. The first kappa shape index (κ1) is 15.0. The van der Waals surface area contributed by atoms with Gasteiger partial charge in [-0.25, -0.2) is 4.79 Å². The van der Waals surface area contributed by atoms with Crippen LogP contribution >= 0.6 is 0 Å². The second-order valence-corrected chi connectivity index (χ2v) is 5.16. The maximum Gasteiger partial charge on any atom is 0.319 e. The van der Waals surface area contributed by atoms with E-state index in [1.807, 2.05) is 54.6 Å². The summed E-state index contributed by atoms with van der Waals surface area (Å²) in [6, 6.07) is 16.3.